The van der Waals surface area contributed by atoms with Gasteiger partial charge in [0.1, 0.15) is 18.1 Å². The Labute approximate surface area is 339 Å². The molecule has 5 atom stereocenters. The van der Waals surface area contributed by atoms with Gasteiger partial charge in [0.25, 0.3) is 0 Å². The number of hydrogen-bond acceptors (Lipinski definition) is 9. The van der Waals surface area contributed by atoms with Crippen molar-refractivity contribution in [2.24, 2.45) is 17.6 Å². The van der Waals surface area contributed by atoms with Gasteiger partial charge in [-0.2, -0.15) is 0 Å². The molecule has 16 heteroatoms. The minimum absolute atomic E-state index is 0.0316. The van der Waals surface area contributed by atoms with Crippen molar-refractivity contribution in [2.75, 3.05) is 25.0 Å². The molecule has 4 rings (SSSR count). The number of anilines is 1. The van der Waals surface area contributed by atoms with Gasteiger partial charge < -0.3 is 47.3 Å². The number of primary amides is 1. The molecule has 0 spiro atoms. The zero-order valence-electron chi connectivity index (χ0n) is 33.6. The summed E-state index contributed by atoms with van der Waals surface area (Å²) in [6, 6.07) is 11.8. The normalized spacial score (nSPS) is 18.2. The molecule has 1 aliphatic carbocycles. The molecule has 0 aromatic heterocycles. The maximum atomic E-state index is 14.6. The summed E-state index contributed by atoms with van der Waals surface area (Å²) in [6.07, 6.45) is 4.16. The summed E-state index contributed by atoms with van der Waals surface area (Å²) in [5.74, 6) is -3.21. The highest BCUT2D eigenvalue weighted by atomic mass is 16.5. The van der Waals surface area contributed by atoms with E-state index in [9.17, 15) is 33.6 Å². The van der Waals surface area contributed by atoms with E-state index in [-0.39, 0.29) is 43.5 Å². The van der Waals surface area contributed by atoms with Gasteiger partial charge in [-0.1, -0.05) is 102 Å². The molecule has 0 bridgehead atoms. The number of alkyl carbamates (subject to hydrolysis) is 1. The van der Waals surface area contributed by atoms with Crippen molar-refractivity contribution >= 4 is 47.2 Å². The number of carbonyl (C=O) groups excluding carboxylic acids is 7. The highest BCUT2D eigenvalue weighted by Gasteiger charge is 2.45. The van der Waals surface area contributed by atoms with Crippen LogP contribution in [0.5, 0.6) is 0 Å². The zero-order valence-corrected chi connectivity index (χ0v) is 33.6. The Morgan fingerprint density at radius 2 is 1.55 bits per heavy atom. The number of Topliss-reactive ketones (excluding diaryl/α,β-unsaturated/α-hetero) is 1. The number of hydrogen-bond donors (Lipinski definition) is 7. The molecule has 314 valence electrons. The van der Waals surface area contributed by atoms with Crippen molar-refractivity contribution < 1.29 is 38.3 Å². The Hall–Kier alpha value is -5.93. The molecule has 2 aromatic rings. The molecule has 16 nitrogen and oxygen atoms in total. The van der Waals surface area contributed by atoms with Crippen LogP contribution in [0.1, 0.15) is 83.7 Å². The number of nitrogens with one attached hydrogen (secondary N) is 6. The fourth-order valence-corrected chi connectivity index (χ4v) is 7.23. The fraction of sp³-hybridized carbons (Fsp3) is 0.500. The Bertz CT molecular complexity index is 1750. The summed E-state index contributed by atoms with van der Waals surface area (Å²) in [5.41, 5.74) is 6.42. The molecule has 1 saturated heterocycles. The summed E-state index contributed by atoms with van der Waals surface area (Å²) >= 11 is 0. The number of rotatable bonds is 19. The Morgan fingerprint density at radius 3 is 2.17 bits per heavy atom. The number of ketones is 1. The summed E-state index contributed by atoms with van der Waals surface area (Å²) in [4.78, 5) is 94.8. The number of nitrogens with two attached hydrogens (primary N) is 1. The minimum atomic E-state index is -1.11. The number of benzene rings is 2. The molecule has 0 radical (unpaired) electrons. The van der Waals surface area contributed by atoms with Crippen LogP contribution in [0.25, 0.3) is 0 Å². The summed E-state index contributed by atoms with van der Waals surface area (Å²) in [5, 5.41) is 16.5. The monoisotopic (exact) mass is 802 g/mol. The Balaban J connectivity index is 1.50. The average Bonchev–Trinajstić information content (AvgIpc) is 3.64. The number of amides is 7. The molecule has 1 aliphatic heterocycles. The third kappa shape index (κ3) is 13.3. The first-order chi connectivity index (χ1) is 27.8. The number of likely N-dealkylation sites (tertiary alicyclic amines) is 1. The quantitative estimate of drug-likeness (QED) is 0.103. The average molecular weight is 803 g/mol. The van der Waals surface area contributed by atoms with Crippen LogP contribution < -0.4 is 37.6 Å². The van der Waals surface area contributed by atoms with Crippen molar-refractivity contribution in [1.82, 2.24) is 31.5 Å². The second-order valence-corrected chi connectivity index (χ2v) is 15.3. The Kier molecular flexibility index (Phi) is 17.1. The third-order valence-corrected chi connectivity index (χ3v) is 10.2. The number of para-hydroxylation sites is 1. The standard InChI is InChI=1S/C42H58N8O8/c1-5-15-32(37(52)27(4)44-23-34(51)48-35(38(43)53)28-16-9-6-10-17-28)47-39(54)33-22-31(46-41(56)45-30-20-13-8-14-21-30)24-50(33)40(55)36(29-18-11-7-12-19-29)49-42(57)58-25-26(2)3/h6,8-10,13-14,16-17,20-21,26,29,31-33,35-36,44H,4-5,7,11-12,15,18-19,22-25H2,1-3H3,(H2,43,53)(H,47,54)(H,48,51)(H,49,57)(H2,45,46,56)/t31?,32?,33-,35-,36-/m0/s1. The third-order valence-electron chi connectivity index (χ3n) is 10.2. The molecular formula is C42H58N8O8. The smallest absolute Gasteiger partial charge is 0.407 e. The van der Waals surface area contributed by atoms with Gasteiger partial charge >= 0.3 is 12.1 Å². The predicted molar refractivity (Wildman–Crippen MR) is 218 cm³/mol. The Morgan fingerprint density at radius 1 is 0.897 bits per heavy atom. The molecule has 58 heavy (non-hydrogen) atoms. The van der Waals surface area contributed by atoms with Gasteiger partial charge in [0.2, 0.25) is 23.6 Å². The number of urea groups is 1. The highest BCUT2D eigenvalue weighted by Crippen LogP contribution is 2.30. The van der Waals surface area contributed by atoms with E-state index in [1.165, 1.54) is 4.90 Å². The van der Waals surface area contributed by atoms with Crippen LogP contribution in [0.2, 0.25) is 0 Å². The first-order valence-corrected chi connectivity index (χ1v) is 20.0. The van der Waals surface area contributed by atoms with Crippen LogP contribution in [0.3, 0.4) is 0 Å². The van der Waals surface area contributed by atoms with E-state index in [2.05, 4.69) is 38.5 Å². The van der Waals surface area contributed by atoms with E-state index in [1.54, 1.807) is 54.6 Å². The van der Waals surface area contributed by atoms with Crippen LogP contribution in [-0.4, -0.2) is 90.3 Å². The van der Waals surface area contributed by atoms with E-state index in [0.717, 1.165) is 19.3 Å². The molecule has 1 heterocycles. The van der Waals surface area contributed by atoms with Gasteiger partial charge in [0, 0.05) is 12.2 Å². The second kappa shape index (κ2) is 22.1. The number of carbonyl (C=O) groups is 7. The molecule has 2 unspecified atom stereocenters. The SMILES string of the molecule is C=C(NCC(=O)N[C@H](C(N)=O)c1ccccc1)C(=O)C(CCC)NC(=O)[C@@H]1CC(NC(=O)Nc2ccccc2)CN1C(=O)[C@@H](NC(=O)OCC(C)C)C1CCCCC1. The van der Waals surface area contributed by atoms with Crippen molar-refractivity contribution in [3.05, 3.63) is 78.5 Å². The van der Waals surface area contributed by atoms with Gasteiger partial charge in [0.15, 0.2) is 5.78 Å². The molecule has 7 amide bonds. The summed E-state index contributed by atoms with van der Waals surface area (Å²) in [7, 11) is 0. The first-order valence-electron chi connectivity index (χ1n) is 20.0. The van der Waals surface area contributed by atoms with Crippen LogP contribution in [0.15, 0.2) is 72.9 Å². The highest BCUT2D eigenvalue weighted by molar-refractivity contribution is 6.02. The van der Waals surface area contributed by atoms with Crippen molar-refractivity contribution in [3.63, 3.8) is 0 Å². The number of nitrogens with zero attached hydrogens (tertiary/aromatic N) is 1. The first kappa shape index (κ1) is 44.8. The fourth-order valence-electron chi connectivity index (χ4n) is 7.23. The zero-order chi connectivity index (χ0) is 42.2. The topological polar surface area (TPSA) is 230 Å². The lowest BCUT2D eigenvalue weighted by Crippen LogP contribution is -2.57. The lowest BCUT2D eigenvalue weighted by atomic mass is 9.83. The molecule has 2 fully saturated rings. The van der Waals surface area contributed by atoms with Crippen LogP contribution in [-0.2, 0) is 28.7 Å². The van der Waals surface area contributed by atoms with Gasteiger partial charge in [-0.05, 0) is 55.2 Å². The minimum Gasteiger partial charge on any atom is -0.449 e. The van der Waals surface area contributed by atoms with E-state index in [1.807, 2.05) is 26.8 Å². The molecule has 1 saturated carbocycles. The molecule has 2 aromatic carbocycles. The maximum Gasteiger partial charge on any atom is 0.407 e. The molecular weight excluding hydrogens is 745 g/mol. The van der Waals surface area contributed by atoms with E-state index in [4.69, 9.17) is 10.5 Å². The van der Waals surface area contributed by atoms with Gasteiger partial charge in [-0.25, -0.2) is 9.59 Å². The van der Waals surface area contributed by atoms with Crippen LogP contribution in [0.4, 0.5) is 15.3 Å². The van der Waals surface area contributed by atoms with Gasteiger partial charge in [-0.3, -0.25) is 24.0 Å². The van der Waals surface area contributed by atoms with Crippen molar-refractivity contribution in [1.29, 1.82) is 0 Å². The lowest BCUT2D eigenvalue weighted by molar-refractivity contribution is -0.141. The lowest BCUT2D eigenvalue weighted by Gasteiger charge is -2.34. The van der Waals surface area contributed by atoms with E-state index in [0.29, 0.717) is 30.5 Å². The largest absolute Gasteiger partial charge is 0.449 e. The predicted octanol–water partition coefficient (Wildman–Crippen LogP) is 3.41. The van der Waals surface area contributed by atoms with Gasteiger partial charge in [0.05, 0.1) is 30.9 Å². The summed E-state index contributed by atoms with van der Waals surface area (Å²) in [6.45, 7) is 9.16. The molecule has 8 N–H and O–H groups in total. The van der Waals surface area contributed by atoms with Crippen molar-refractivity contribution in [2.45, 2.75) is 102 Å². The van der Waals surface area contributed by atoms with Crippen LogP contribution in [0, 0.1) is 11.8 Å². The van der Waals surface area contributed by atoms with Crippen LogP contribution >= 0.6 is 0 Å². The van der Waals surface area contributed by atoms with E-state index < -0.39 is 78.3 Å². The van der Waals surface area contributed by atoms with Crippen molar-refractivity contribution in [3.8, 4) is 0 Å². The number of ether oxygens (including phenoxy) is 1. The van der Waals surface area contributed by atoms with E-state index >= 15 is 0 Å². The molecule has 2 aliphatic rings. The maximum absolute atomic E-state index is 14.6. The summed E-state index contributed by atoms with van der Waals surface area (Å²) < 4.78 is 5.39. The van der Waals surface area contributed by atoms with Gasteiger partial charge in [-0.15, -0.1) is 0 Å². The second-order valence-electron chi connectivity index (χ2n) is 15.3.